The molecule has 3 fully saturated rings. The number of carboxylic acids is 1. The second kappa shape index (κ2) is 4.19. The summed E-state index contributed by atoms with van der Waals surface area (Å²) >= 11 is 0. The van der Waals surface area contributed by atoms with E-state index in [2.05, 4.69) is 17.1 Å². The number of carboxylic acid groups (broad SMARTS) is 1. The van der Waals surface area contributed by atoms with Crippen LogP contribution >= 0.6 is 0 Å². The molecule has 0 aromatic carbocycles. The minimum Gasteiger partial charge on any atom is -0.475 e. The first-order valence-electron chi connectivity index (χ1n) is 5.67. The Morgan fingerprint density at radius 2 is 1.68 bits per heavy atom. The van der Waals surface area contributed by atoms with Gasteiger partial charge >= 0.3 is 12.1 Å². The molecular formula is C12H13F3N2O2. The average molecular weight is 274 g/mol. The molecule has 0 aliphatic heterocycles. The summed E-state index contributed by atoms with van der Waals surface area (Å²) in [6.07, 6.45) is 2.22. The van der Waals surface area contributed by atoms with Crippen molar-refractivity contribution in [2.24, 2.45) is 5.73 Å². The Kier molecular flexibility index (Phi) is 3.04. The summed E-state index contributed by atoms with van der Waals surface area (Å²) in [5, 5.41) is 7.12. The average Bonchev–Trinajstić information content (AvgIpc) is 2.24. The minimum atomic E-state index is -5.08. The molecule has 1 heterocycles. The van der Waals surface area contributed by atoms with Crippen molar-refractivity contribution in [2.75, 3.05) is 0 Å². The standard InChI is InChI=1S/C10H12N2.C2HF3O2/c11-10-5-9(6-10,7-10)8-1-3-12-4-2-8;3-2(4,5)1(6)7/h1-4H,5-7,11H2;(H,6,7). The van der Waals surface area contributed by atoms with Crippen molar-refractivity contribution in [1.29, 1.82) is 0 Å². The number of aliphatic carboxylic acids is 1. The van der Waals surface area contributed by atoms with Crippen LogP contribution in [0.1, 0.15) is 24.8 Å². The van der Waals surface area contributed by atoms with Gasteiger partial charge in [-0.25, -0.2) is 4.79 Å². The molecule has 1 aromatic rings. The third-order valence-corrected chi connectivity index (χ3v) is 3.61. The van der Waals surface area contributed by atoms with Gasteiger partial charge in [-0.2, -0.15) is 13.2 Å². The molecule has 3 aliphatic carbocycles. The summed E-state index contributed by atoms with van der Waals surface area (Å²) in [5.74, 6) is -2.76. The van der Waals surface area contributed by atoms with Gasteiger partial charge in [0.25, 0.3) is 0 Å². The van der Waals surface area contributed by atoms with Crippen LogP contribution in [0.15, 0.2) is 24.5 Å². The number of halogens is 3. The van der Waals surface area contributed by atoms with Gasteiger partial charge in [-0.1, -0.05) is 0 Å². The normalized spacial score (nSPS) is 31.4. The summed E-state index contributed by atoms with van der Waals surface area (Å²) in [7, 11) is 0. The number of alkyl halides is 3. The molecule has 0 unspecified atom stereocenters. The molecule has 0 amide bonds. The maximum atomic E-state index is 10.6. The molecule has 2 bridgehead atoms. The largest absolute Gasteiger partial charge is 0.490 e. The van der Waals surface area contributed by atoms with E-state index in [9.17, 15) is 13.2 Å². The maximum absolute atomic E-state index is 10.6. The summed E-state index contributed by atoms with van der Waals surface area (Å²) in [4.78, 5) is 12.9. The fourth-order valence-electron chi connectivity index (χ4n) is 2.88. The highest BCUT2D eigenvalue weighted by atomic mass is 19.4. The quantitative estimate of drug-likeness (QED) is 0.819. The van der Waals surface area contributed by atoms with Crippen LogP contribution in [-0.2, 0) is 10.2 Å². The molecule has 4 rings (SSSR count). The molecule has 3 saturated carbocycles. The van der Waals surface area contributed by atoms with Crippen LogP contribution in [0.5, 0.6) is 0 Å². The molecule has 104 valence electrons. The Labute approximate surface area is 107 Å². The molecular weight excluding hydrogens is 261 g/mol. The van der Waals surface area contributed by atoms with Crippen molar-refractivity contribution in [3.8, 4) is 0 Å². The van der Waals surface area contributed by atoms with Gasteiger partial charge in [0.2, 0.25) is 0 Å². The smallest absolute Gasteiger partial charge is 0.475 e. The van der Waals surface area contributed by atoms with Crippen LogP contribution in [0.3, 0.4) is 0 Å². The van der Waals surface area contributed by atoms with Gasteiger partial charge in [0.1, 0.15) is 0 Å². The van der Waals surface area contributed by atoms with Crippen LogP contribution in [0.4, 0.5) is 13.2 Å². The fraction of sp³-hybridized carbons (Fsp3) is 0.500. The molecule has 0 saturated heterocycles. The van der Waals surface area contributed by atoms with Gasteiger partial charge < -0.3 is 10.8 Å². The van der Waals surface area contributed by atoms with Gasteiger partial charge in [-0.15, -0.1) is 0 Å². The molecule has 0 atom stereocenters. The van der Waals surface area contributed by atoms with Crippen molar-refractivity contribution in [3.63, 3.8) is 0 Å². The number of nitrogens with two attached hydrogens (primary N) is 1. The van der Waals surface area contributed by atoms with E-state index in [0.29, 0.717) is 5.41 Å². The third kappa shape index (κ3) is 2.56. The number of carbonyl (C=O) groups is 1. The SMILES string of the molecule is NC12CC(c3ccncc3)(C1)C2.O=C(O)C(F)(F)F. The van der Waals surface area contributed by atoms with Crippen molar-refractivity contribution in [2.45, 2.75) is 36.4 Å². The lowest BCUT2D eigenvalue weighted by Gasteiger charge is -2.69. The first-order chi connectivity index (χ1) is 8.67. The molecule has 3 N–H and O–H groups in total. The Hall–Kier alpha value is -1.63. The van der Waals surface area contributed by atoms with Gasteiger partial charge in [-0.3, -0.25) is 4.98 Å². The predicted molar refractivity (Wildman–Crippen MR) is 60.4 cm³/mol. The number of aromatic nitrogens is 1. The van der Waals surface area contributed by atoms with E-state index in [1.165, 1.54) is 24.8 Å². The Balaban J connectivity index is 0.000000167. The van der Waals surface area contributed by atoms with E-state index in [4.69, 9.17) is 15.6 Å². The van der Waals surface area contributed by atoms with Crippen molar-refractivity contribution >= 4 is 5.97 Å². The Morgan fingerprint density at radius 1 is 1.26 bits per heavy atom. The van der Waals surface area contributed by atoms with Crippen LogP contribution in [0.25, 0.3) is 0 Å². The third-order valence-electron chi connectivity index (χ3n) is 3.61. The van der Waals surface area contributed by atoms with Crippen molar-refractivity contribution in [1.82, 2.24) is 4.98 Å². The lowest BCUT2D eigenvalue weighted by Crippen LogP contribution is -2.74. The summed E-state index contributed by atoms with van der Waals surface area (Å²) < 4.78 is 31.7. The maximum Gasteiger partial charge on any atom is 0.490 e. The molecule has 19 heavy (non-hydrogen) atoms. The number of nitrogens with zero attached hydrogens (tertiary/aromatic N) is 1. The number of pyridine rings is 1. The van der Waals surface area contributed by atoms with Crippen LogP contribution in [-0.4, -0.2) is 27.8 Å². The molecule has 0 spiro atoms. The zero-order valence-electron chi connectivity index (χ0n) is 9.94. The van der Waals surface area contributed by atoms with Crippen molar-refractivity contribution in [3.05, 3.63) is 30.1 Å². The second-order valence-corrected chi connectivity index (χ2v) is 5.21. The van der Waals surface area contributed by atoms with Crippen LogP contribution in [0, 0.1) is 0 Å². The van der Waals surface area contributed by atoms with E-state index in [-0.39, 0.29) is 5.54 Å². The number of hydrogen-bond donors (Lipinski definition) is 2. The number of hydrogen-bond acceptors (Lipinski definition) is 3. The van der Waals surface area contributed by atoms with Crippen LogP contribution in [0.2, 0.25) is 0 Å². The molecule has 0 radical (unpaired) electrons. The second-order valence-electron chi connectivity index (χ2n) is 5.21. The predicted octanol–water partition coefficient (Wildman–Crippen LogP) is 1.85. The lowest BCUT2D eigenvalue weighted by atomic mass is 9.38. The Morgan fingerprint density at radius 3 is 2.00 bits per heavy atom. The van der Waals surface area contributed by atoms with Gasteiger partial charge in [0.05, 0.1) is 0 Å². The summed E-state index contributed by atoms with van der Waals surface area (Å²) in [6.45, 7) is 0. The van der Waals surface area contributed by atoms with Gasteiger partial charge in [-0.05, 0) is 37.0 Å². The van der Waals surface area contributed by atoms with Gasteiger partial charge in [0.15, 0.2) is 0 Å². The van der Waals surface area contributed by atoms with Crippen LogP contribution < -0.4 is 5.73 Å². The minimum absolute atomic E-state index is 0.212. The van der Waals surface area contributed by atoms with E-state index in [1.807, 2.05) is 12.4 Å². The highest BCUT2D eigenvalue weighted by Crippen LogP contribution is 2.66. The highest BCUT2D eigenvalue weighted by Gasteiger charge is 2.66. The fourth-order valence-corrected chi connectivity index (χ4v) is 2.88. The van der Waals surface area contributed by atoms with E-state index in [1.54, 1.807) is 0 Å². The molecule has 7 heteroatoms. The number of rotatable bonds is 1. The van der Waals surface area contributed by atoms with E-state index >= 15 is 0 Å². The zero-order chi connectivity index (χ0) is 14.3. The first kappa shape index (κ1) is 13.8. The zero-order valence-corrected chi connectivity index (χ0v) is 9.94. The highest BCUT2D eigenvalue weighted by molar-refractivity contribution is 5.73. The lowest BCUT2D eigenvalue weighted by molar-refractivity contribution is -0.192. The topological polar surface area (TPSA) is 76.2 Å². The first-order valence-corrected chi connectivity index (χ1v) is 5.67. The van der Waals surface area contributed by atoms with Crippen molar-refractivity contribution < 1.29 is 23.1 Å². The molecule has 1 aromatic heterocycles. The molecule has 4 nitrogen and oxygen atoms in total. The monoisotopic (exact) mass is 274 g/mol. The molecule has 3 aliphatic rings. The summed E-state index contributed by atoms with van der Waals surface area (Å²) in [5.41, 5.74) is 8.10. The van der Waals surface area contributed by atoms with E-state index < -0.39 is 12.1 Å². The van der Waals surface area contributed by atoms with E-state index in [0.717, 1.165) is 0 Å². The van der Waals surface area contributed by atoms with Gasteiger partial charge in [0, 0.05) is 23.3 Å². The summed E-state index contributed by atoms with van der Waals surface area (Å²) in [6, 6.07) is 4.25. The Bertz CT molecular complexity index is 468.